The number of hydrogen-bond donors (Lipinski definition) is 2. The van der Waals surface area contributed by atoms with Gasteiger partial charge in [-0.2, -0.15) is 0 Å². The first-order valence-electron chi connectivity index (χ1n) is 5.68. The summed E-state index contributed by atoms with van der Waals surface area (Å²) >= 11 is 0. The van der Waals surface area contributed by atoms with Crippen molar-refractivity contribution < 1.29 is 14.3 Å². The van der Waals surface area contributed by atoms with Crippen LogP contribution in [0.3, 0.4) is 0 Å². The SMILES string of the molecule is CN(C)C(C)(C)CNc1ccc(C(=O)O)cc1F. The van der Waals surface area contributed by atoms with Gasteiger partial charge in [-0.05, 0) is 46.1 Å². The molecule has 0 aliphatic rings. The molecule has 0 heterocycles. The lowest BCUT2D eigenvalue weighted by atomic mass is 10.0. The predicted octanol–water partition coefficient (Wildman–Crippen LogP) is 2.28. The Hall–Kier alpha value is -1.62. The summed E-state index contributed by atoms with van der Waals surface area (Å²) in [4.78, 5) is 12.7. The molecule has 0 saturated carbocycles. The Morgan fingerprint density at radius 2 is 2.06 bits per heavy atom. The molecule has 1 rings (SSSR count). The van der Waals surface area contributed by atoms with Gasteiger partial charge in [-0.25, -0.2) is 9.18 Å². The average Bonchev–Trinajstić information content (AvgIpc) is 2.26. The summed E-state index contributed by atoms with van der Waals surface area (Å²) in [6.45, 7) is 4.62. The first-order valence-corrected chi connectivity index (χ1v) is 5.68. The van der Waals surface area contributed by atoms with Crippen molar-refractivity contribution in [1.82, 2.24) is 4.90 Å². The monoisotopic (exact) mass is 254 g/mol. The average molecular weight is 254 g/mol. The molecule has 0 atom stereocenters. The van der Waals surface area contributed by atoms with Gasteiger partial charge in [-0.1, -0.05) is 0 Å². The van der Waals surface area contributed by atoms with Gasteiger partial charge in [0, 0.05) is 12.1 Å². The van der Waals surface area contributed by atoms with Gasteiger partial charge in [-0.3, -0.25) is 0 Å². The molecule has 0 bridgehead atoms. The van der Waals surface area contributed by atoms with Crippen molar-refractivity contribution in [1.29, 1.82) is 0 Å². The van der Waals surface area contributed by atoms with E-state index in [0.717, 1.165) is 6.07 Å². The zero-order valence-electron chi connectivity index (χ0n) is 11.1. The molecule has 2 N–H and O–H groups in total. The summed E-state index contributed by atoms with van der Waals surface area (Å²) in [5, 5.41) is 11.7. The van der Waals surface area contributed by atoms with Gasteiger partial charge in [-0.15, -0.1) is 0 Å². The number of carboxylic acid groups (broad SMARTS) is 1. The molecule has 0 saturated heterocycles. The number of nitrogens with one attached hydrogen (secondary N) is 1. The molecular weight excluding hydrogens is 235 g/mol. The molecule has 1 aromatic carbocycles. The van der Waals surface area contributed by atoms with E-state index < -0.39 is 11.8 Å². The van der Waals surface area contributed by atoms with E-state index in [0.29, 0.717) is 12.2 Å². The van der Waals surface area contributed by atoms with Gasteiger partial charge in [0.25, 0.3) is 0 Å². The fourth-order valence-electron chi connectivity index (χ4n) is 1.26. The highest BCUT2D eigenvalue weighted by atomic mass is 19.1. The second-order valence-electron chi connectivity index (χ2n) is 5.06. The third-order valence-electron chi connectivity index (χ3n) is 3.14. The smallest absolute Gasteiger partial charge is 0.335 e. The zero-order chi connectivity index (χ0) is 13.9. The second kappa shape index (κ2) is 5.35. The van der Waals surface area contributed by atoms with Gasteiger partial charge in [0.1, 0.15) is 5.82 Å². The number of anilines is 1. The summed E-state index contributed by atoms with van der Waals surface area (Å²) < 4.78 is 13.6. The Kier molecular flexibility index (Phi) is 4.29. The van der Waals surface area contributed by atoms with Crippen molar-refractivity contribution >= 4 is 11.7 Å². The van der Waals surface area contributed by atoms with E-state index in [-0.39, 0.29) is 11.1 Å². The van der Waals surface area contributed by atoms with Crippen LogP contribution < -0.4 is 5.32 Å². The van der Waals surface area contributed by atoms with E-state index in [4.69, 9.17) is 5.11 Å². The topological polar surface area (TPSA) is 52.6 Å². The number of hydrogen-bond acceptors (Lipinski definition) is 3. The lowest BCUT2D eigenvalue weighted by Crippen LogP contribution is -2.44. The Balaban J connectivity index is 2.78. The van der Waals surface area contributed by atoms with Gasteiger partial charge < -0.3 is 15.3 Å². The van der Waals surface area contributed by atoms with Crippen LogP contribution in [0.2, 0.25) is 0 Å². The third-order valence-corrected chi connectivity index (χ3v) is 3.14. The number of benzene rings is 1. The first-order chi connectivity index (χ1) is 8.24. The third kappa shape index (κ3) is 3.43. The normalized spacial score (nSPS) is 11.7. The molecule has 0 radical (unpaired) electrons. The van der Waals surface area contributed by atoms with Crippen LogP contribution in [0.25, 0.3) is 0 Å². The van der Waals surface area contributed by atoms with Crippen molar-refractivity contribution in [3.05, 3.63) is 29.6 Å². The molecule has 0 unspecified atom stereocenters. The number of halogens is 1. The largest absolute Gasteiger partial charge is 0.478 e. The maximum absolute atomic E-state index is 13.6. The maximum Gasteiger partial charge on any atom is 0.335 e. The number of rotatable bonds is 5. The number of nitrogens with zero attached hydrogens (tertiary/aromatic N) is 1. The van der Waals surface area contributed by atoms with Crippen molar-refractivity contribution in [3.63, 3.8) is 0 Å². The van der Waals surface area contributed by atoms with Gasteiger partial charge >= 0.3 is 5.97 Å². The Morgan fingerprint density at radius 3 is 2.50 bits per heavy atom. The Bertz CT molecular complexity index is 445. The van der Waals surface area contributed by atoms with E-state index in [2.05, 4.69) is 5.32 Å². The molecule has 5 heteroatoms. The van der Waals surface area contributed by atoms with E-state index >= 15 is 0 Å². The minimum absolute atomic E-state index is 0.0510. The molecular formula is C13H19FN2O2. The number of carbonyl (C=O) groups is 1. The second-order valence-corrected chi connectivity index (χ2v) is 5.06. The summed E-state index contributed by atoms with van der Waals surface area (Å²) in [5.74, 6) is -1.68. The summed E-state index contributed by atoms with van der Waals surface area (Å²) in [7, 11) is 3.90. The molecule has 18 heavy (non-hydrogen) atoms. The Labute approximate surface area is 106 Å². The van der Waals surface area contributed by atoms with Gasteiger partial charge in [0.05, 0.1) is 11.3 Å². The van der Waals surface area contributed by atoms with Gasteiger partial charge in [0.2, 0.25) is 0 Å². The fraction of sp³-hybridized carbons (Fsp3) is 0.462. The molecule has 4 nitrogen and oxygen atoms in total. The molecule has 0 amide bonds. The number of aromatic carboxylic acids is 1. The van der Waals surface area contributed by atoms with Crippen molar-refractivity contribution in [2.45, 2.75) is 19.4 Å². The minimum atomic E-state index is -1.13. The highest BCUT2D eigenvalue weighted by molar-refractivity contribution is 5.88. The standard InChI is InChI=1S/C13H19FN2O2/c1-13(2,16(3)4)8-15-11-6-5-9(12(17)18)7-10(11)14/h5-7,15H,8H2,1-4H3,(H,17,18). The fourth-order valence-corrected chi connectivity index (χ4v) is 1.26. The highest BCUT2D eigenvalue weighted by Crippen LogP contribution is 2.18. The summed E-state index contributed by atoms with van der Waals surface area (Å²) in [6.07, 6.45) is 0. The van der Waals surface area contributed by atoms with E-state index in [1.54, 1.807) is 0 Å². The zero-order valence-corrected chi connectivity index (χ0v) is 11.1. The van der Waals surface area contributed by atoms with Crippen molar-refractivity contribution in [3.8, 4) is 0 Å². The maximum atomic E-state index is 13.6. The number of carboxylic acids is 1. The molecule has 0 aliphatic carbocycles. The quantitative estimate of drug-likeness (QED) is 0.846. The van der Waals surface area contributed by atoms with Crippen LogP contribution in [0.1, 0.15) is 24.2 Å². The molecule has 100 valence electrons. The first kappa shape index (κ1) is 14.4. The molecule has 0 aliphatic heterocycles. The van der Waals surface area contributed by atoms with Crippen LogP contribution >= 0.6 is 0 Å². The molecule has 1 aromatic rings. The van der Waals surface area contributed by atoms with Crippen LogP contribution in [-0.2, 0) is 0 Å². The van der Waals surface area contributed by atoms with Crippen LogP contribution in [0.4, 0.5) is 10.1 Å². The van der Waals surface area contributed by atoms with Crippen molar-refractivity contribution in [2.24, 2.45) is 0 Å². The highest BCUT2D eigenvalue weighted by Gasteiger charge is 2.20. The number of likely N-dealkylation sites (N-methyl/N-ethyl adjacent to an activating group) is 1. The lowest BCUT2D eigenvalue weighted by molar-refractivity contribution is 0.0696. The predicted molar refractivity (Wildman–Crippen MR) is 69.6 cm³/mol. The molecule has 0 spiro atoms. The lowest BCUT2D eigenvalue weighted by Gasteiger charge is -2.33. The Morgan fingerprint density at radius 1 is 1.44 bits per heavy atom. The van der Waals surface area contributed by atoms with Crippen LogP contribution in [0, 0.1) is 5.82 Å². The van der Waals surface area contributed by atoms with E-state index in [9.17, 15) is 9.18 Å². The summed E-state index contributed by atoms with van der Waals surface area (Å²) in [6, 6.07) is 3.86. The molecule has 0 aromatic heterocycles. The minimum Gasteiger partial charge on any atom is -0.478 e. The van der Waals surface area contributed by atoms with Crippen molar-refractivity contribution in [2.75, 3.05) is 26.0 Å². The summed E-state index contributed by atoms with van der Waals surface area (Å²) in [5.41, 5.74) is 0.137. The van der Waals surface area contributed by atoms with Crippen LogP contribution in [-0.4, -0.2) is 42.2 Å². The van der Waals surface area contributed by atoms with E-state index in [1.165, 1.54) is 12.1 Å². The van der Waals surface area contributed by atoms with E-state index in [1.807, 2.05) is 32.8 Å². The van der Waals surface area contributed by atoms with Gasteiger partial charge in [0.15, 0.2) is 0 Å². The molecule has 0 fully saturated rings. The van der Waals surface area contributed by atoms with Crippen LogP contribution in [0.5, 0.6) is 0 Å². The van der Waals surface area contributed by atoms with Crippen LogP contribution in [0.15, 0.2) is 18.2 Å².